The molecule has 0 aliphatic rings. The van der Waals surface area contributed by atoms with Crippen LogP contribution in [0.2, 0.25) is 0 Å². The van der Waals surface area contributed by atoms with Crippen LogP contribution in [0.25, 0.3) is 0 Å². The highest BCUT2D eigenvalue weighted by molar-refractivity contribution is 5.94. The first-order valence-electron chi connectivity index (χ1n) is 6.96. The van der Waals surface area contributed by atoms with E-state index in [1.807, 2.05) is 25.1 Å². The van der Waals surface area contributed by atoms with Crippen LogP contribution in [-0.2, 0) is 4.79 Å². The van der Waals surface area contributed by atoms with Crippen LogP contribution in [-0.4, -0.2) is 19.1 Å². The van der Waals surface area contributed by atoms with Crippen molar-refractivity contribution in [2.24, 2.45) is 0 Å². The number of benzene rings is 2. The molecular formula is C17H17F2NO2. The van der Waals surface area contributed by atoms with E-state index in [0.717, 1.165) is 17.7 Å². The monoisotopic (exact) mass is 305 g/mol. The molecule has 0 unspecified atom stereocenters. The van der Waals surface area contributed by atoms with Crippen molar-refractivity contribution < 1.29 is 18.3 Å². The summed E-state index contributed by atoms with van der Waals surface area (Å²) in [5, 5.41) is 0. The van der Waals surface area contributed by atoms with Gasteiger partial charge in [0.1, 0.15) is 5.75 Å². The van der Waals surface area contributed by atoms with Crippen LogP contribution in [0, 0.1) is 18.6 Å². The molecule has 0 bridgehead atoms. The predicted molar refractivity (Wildman–Crippen MR) is 81.1 cm³/mol. The third kappa shape index (κ3) is 3.81. The Balaban J connectivity index is 2.07. The van der Waals surface area contributed by atoms with Crippen LogP contribution >= 0.6 is 0 Å². The second kappa shape index (κ2) is 7.02. The number of hydrogen-bond donors (Lipinski definition) is 0. The largest absolute Gasteiger partial charge is 0.484 e. The Morgan fingerprint density at radius 1 is 1.14 bits per heavy atom. The quantitative estimate of drug-likeness (QED) is 0.843. The zero-order chi connectivity index (χ0) is 16.1. The number of halogens is 2. The maximum atomic E-state index is 13.3. The van der Waals surface area contributed by atoms with Crippen molar-refractivity contribution in [3.63, 3.8) is 0 Å². The first-order chi connectivity index (χ1) is 10.5. The highest BCUT2D eigenvalue weighted by atomic mass is 19.2. The van der Waals surface area contributed by atoms with Gasteiger partial charge in [0.25, 0.3) is 5.91 Å². The molecule has 2 aromatic carbocycles. The van der Waals surface area contributed by atoms with E-state index in [-0.39, 0.29) is 12.5 Å². The average Bonchev–Trinajstić information content (AvgIpc) is 2.49. The Labute approximate surface area is 128 Å². The molecule has 22 heavy (non-hydrogen) atoms. The van der Waals surface area contributed by atoms with Crippen molar-refractivity contribution in [2.45, 2.75) is 13.8 Å². The molecule has 2 rings (SSSR count). The fourth-order valence-corrected chi connectivity index (χ4v) is 2.08. The van der Waals surface area contributed by atoms with Gasteiger partial charge >= 0.3 is 0 Å². The molecule has 0 aliphatic heterocycles. The fourth-order valence-electron chi connectivity index (χ4n) is 2.08. The standard InChI is InChI=1S/C17H17F2NO2/c1-3-20(13-7-8-15(18)16(19)10-13)17(21)11-22-14-6-4-5-12(2)9-14/h4-10H,3,11H2,1-2H3. The normalized spacial score (nSPS) is 10.4. The van der Waals surface area contributed by atoms with Gasteiger partial charge in [0.05, 0.1) is 0 Å². The number of ether oxygens (including phenoxy) is 1. The smallest absolute Gasteiger partial charge is 0.264 e. The Hall–Kier alpha value is -2.43. The summed E-state index contributed by atoms with van der Waals surface area (Å²) in [6.45, 7) is 3.84. The molecule has 5 heteroatoms. The molecule has 0 saturated heterocycles. The lowest BCUT2D eigenvalue weighted by Gasteiger charge is -2.21. The Kier molecular flexibility index (Phi) is 5.09. The van der Waals surface area contributed by atoms with Gasteiger partial charge in [0, 0.05) is 18.3 Å². The van der Waals surface area contributed by atoms with Gasteiger partial charge in [-0.2, -0.15) is 0 Å². The maximum Gasteiger partial charge on any atom is 0.264 e. The van der Waals surface area contributed by atoms with Crippen LogP contribution in [0.4, 0.5) is 14.5 Å². The molecule has 0 heterocycles. The molecular weight excluding hydrogens is 288 g/mol. The number of likely N-dealkylation sites (N-methyl/N-ethyl adjacent to an activating group) is 1. The minimum absolute atomic E-state index is 0.170. The average molecular weight is 305 g/mol. The molecule has 0 atom stereocenters. The summed E-state index contributed by atoms with van der Waals surface area (Å²) < 4.78 is 31.7. The van der Waals surface area contributed by atoms with Gasteiger partial charge in [-0.1, -0.05) is 12.1 Å². The molecule has 0 N–H and O–H groups in total. The lowest BCUT2D eigenvalue weighted by atomic mass is 10.2. The number of nitrogens with zero attached hydrogens (tertiary/aromatic N) is 1. The van der Waals surface area contributed by atoms with Crippen molar-refractivity contribution in [3.05, 3.63) is 59.7 Å². The highest BCUT2D eigenvalue weighted by Gasteiger charge is 2.16. The van der Waals surface area contributed by atoms with Crippen LogP contribution < -0.4 is 9.64 Å². The van der Waals surface area contributed by atoms with Gasteiger partial charge in [-0.25, -0.2) is 8.78 Å². The Morgan fingerprint density at radius 3 is 2.55 bits per heavy atom. The second-order valence-corrected chi connectivity index (χ2v) is 4.84. The van der Waals surface area contributed by atoms with E-state index in [2.05, 4.69) is 0 Å². The SMILES string of the molecule is CCN(C(=O)COc1cccc(C)c1)c1ccc(F)c(F)c1. The van der Waals surface area contributed by atoms with E-state index in [0.29, 0.717) is 18.0 Å². The number of hydrogen-bond acceptors (Lipinski definition) is 2. The number of carbonyl (C=O) groups is 1. The molecule has 1 amide bonds. The van der Waals surface area contributed by atoms with E-state index in [9.17, 15) is 13.6 Å². The molecule has 0 aromatic heterocycles. The molecule has 0 saturated carbocycles. The topological polar surface area (TPSA) is 29.5 Å². The molecule has 0 aliphatic carbocycles. The molecule has 0 spiro atoms. The number of carbonyl (C=O) groups excluding carboxylic acids is 1. The molecule has 3 nitrogen and oxygen atoms in total. The van der Waals surface area contributed by atoms with Crippen LogP contribution in [0.15, 0.2) is 42.5 Å². The van der Waals surface area contributed by atoms with Crippen LogP contribution in [0.1, 0.15) is 12.5 Å². The van der Waals surface area contributed by atoms with Crippen molar-refractivity contribution in [1.82, 2.24) is 0 Å². The maximum absolute atomic E-state index is 13.3. The van der Waals surface area contributed by atoms with Crippen molar-refractivity contribution in [2.75, 3.05) is 18.1 Å². The van der Waals surface area contributed by atoms with Crippen molar-refractivity contribution >= 4 is 11.6 Å². The third-order valence-corrected chi connectivity index (χ3v) is 3.18. The molecule has 0 fully saturated rings. The first kappa shape index (κ1) is 15.9. The van der Waals surface area contributed by atoms with E-state index in [1.165, 1.54) is 11.0 Å². The summed E-state index contributed by atoms with van der Waals surface area (Å²) in [6, 6.07) is 10.7. The highest BCUT2D eigenvalue weighted by Crippen LogP contribution is 2.19. The minimum Gasteiger partial charge on any atom is -0.484 e. The fraction of sp³-hybridized carbons (Fsp3) is 0.235. The summed E-state index contributed by atoms with van der Waals surface area (Å²) in [4.78, 5) is 13.6. The van der Waals surface area contributed by atoms with Crippen LogP contribution in [0.3, 0.4) is 0 Å². The number of rotatable bonds is 5. The van der Waals surface area contributed by atoms with E-state index in [1.54, 1.807) is 13.0 Å². The van der Waals surface area contributed by atoms with Gasteiger partial charge < -0.3 is 9.64 Å². The summed E-state index contributed by atoms with van der Waals surface area (Å²) in [6.07, 6.45) is 0. The first-order valence-corrected chi connectivity index (χ1v) is 6.96. The summed E-state index contributed by atoms with van der Waals surface area (Å²) in [5.41, 5.74) is 1.33. The second-order valence-electron chi connectivity index (χ2n) is 4.84. The number of anilines is 1. The van der Waals surface area contributed by atoms with E-state index >= 15 is 0 Å². The van der Waals surface area contributed by atoms with Gasteiger partial charge in [0.15, 0.2) is 18.2 Å². The minimum atomic E-state index is -0.983. The zero-order valence-corrected chi connectivity index (χ0v) is 12.5. The van der Waals surface area contributed by atoms with E-state index in [4.69, 9.17) is 4.74 Å². The number of amides is 1. The van der Waals surface area contributed by atoms with Gasteiger partial charge in [-0.05, 0) is 43.7 Å². The van der Waals surface area contributed by atoms with Crippen LogP contribution in [0.5, 0.6) is 5.75 Å². The summed E-state index contributed by atoms with van der Waals surface area (Å²) >= 11 is 0. The molecule has 2 aromatic rings. The van der Waals surface area contributed by atoms with Gasteiger partial charge in [-0.3, -0.25) is 4.79 Å². The molecule has 116 valence electrons. The van der Waals surface area contributed by atoms with Crippen molar-refractivity contribution in [1.29, 1.82) is 0 Å². The lowest BCUT2D eigenvalue weighted by Crippen LogP contribution is -2.34. The van der Waals surface area contributed by atoms with Crippen molar-refractivity contribution in [3.8, 4) is 5.75 Å². The third-order valence-electron chi connectivity index (χ3n) is 3.18. The Bertz CT molecular complexity index is 673. The van der Waals surface area contributed by atoms with E-state index < -0.39 is 11.6 Å². The number of aryl methyl sites for hydroxylation is 1. The Morgan fingerprint density at radius 2 is 1.91 bits per heavy atom. The van der Waals surface area contributed by atoms with Gasteiger partial charge in [-0.15, -0.1) is 0 Å². The predicted octanol–water partition coefficient (Wildman–Crippen LogP) is 3.71. The zero-order valence-electron chi connectivity index (χ0n) is 12.5. The summed E-state index contributed by atoms with van der Waals surface area (Å²) in [5.74, 6) is -1.66. The summed E-state index contributed by atoms with van der Waals surface area (Å²) in [7, 11) is 0. The molecule has 0 radical (unpaired) electrons. The van der Waals surface area contributed by atoms with Gasteiger partial charge in [0.2, 0.25) is 0 Å². The lowest BCUT2D eigenvalue weighted by molar-refractivity contribution is -0.120.